The quantitative estimate of drug-likeness (QED) is 0.691. The van der Waals surface area contributed by atoms with Crippen LogP contribution in [0.25, 0.3) is 10.8 Å². The molecule has 1 aliphatic rings. The number of piperazine rings is 1. The summed E-state index contributed by atoms with van der Waals surface area (Å²) in [7, 11) is 0. The Morgan fingerprint density at radius 2 is 1.50 bits per heavy atom. The maximum atomic E-state index is 12.9. The molecule has 2 aromatic carbocycles. The first-order chi connectivity index (χ1) is 13.5. The second-order valence-corrected chi connectivity index (χ2v) is 7.32. The van der Waals surface area contributed by atoms with E-state index in [1.807, 2.05) is 61.2 Å². The van der Waals surface area contributed by atoms with Crippen molar-refractivity contribution in [3.8, 4) is 0 Å². The zero-order valence-corrected chi connectivity index (χ0v) is 16.2. The lowest BCUT2D eigenvalue weighted by molar-refractivity contribution is 0.0532. The van der Waals surface area contributed by atoms with E-state index in [9.17, 15) is 9.59 Å². The van der Waals surface area contributed by atoms with E-state index >= 15 is 0 Å². The van der Waals surface area contributed by atoms with Gasteiger partial charge in [-0.1, -0.05) is 42.0 Å². The van der Waals surface area contributed by atoms with Crippen LogP contribution in [-0.2, 0) is 0 Å². The molecule has 5 heteroatoms. The molecule has 1 saturated heterocycles. The van der Waals surface area contributed by atoms with E-state index in [4.69, 9.17) is 0 Å². The number of hydrogen-bond donors (Lipinski definition) is 0. The van der Waals surface area contributed by atoms with Crippen molar-refractivity contribution < 1.29 is 9.59 Å². The van der Waals surface area contributed by atoms with Gasteiger partial charge in [0.2, 0.25) is 0 Å². The summed E-state index contributed by atoms with van der Waals surface area (Å²) < 4.78 is 0. The Morgan fingerprint density at radius 3 is 2.21 bits per heavy atom. The van der Waals surface area contributed by atoms with Crippen molar-refractivity contribution in [2.45, 2.75) is 13.8 Å². The van der Waals surface area contributed by atoms with E-state index < -0.39 is 0 Å². The summed E-state index contributed by atoms with van der Waals surface area (Å²) in [4.78, 5) is 33.6. The summed E-state index contributed by atoms with van der Waals surface area (Å²) in [5.74, 6) is -0.0455. The zero-order chi connectivity index (χ0) is 19.7. The van der Waals surface area contributed by atoms with Crippen molar-refractivity contribution >= 4 is 22.6 Å². The first-order valence-corrected chi connectivity index (χ1v) is 9.53. The predicted octanol–water partition coefficient (Wildman–Crippen LogP) is 3.45. The average Bonchev–Trinajstić information content (AvgIpc) is 2.72. The Bertz CT molecular complexity index is 1050. The monoisotopic (exact) mass is 373 g/mol. The number of carbonyl (C=O) groups excluding carboxylic acids is 2. The lowest BCUT2D eigenvalue weighted by atomic mass is 10.1. The van der Waals surface area contributed by atoms with Gasteiger partial charge in [-0.25, -0.2) is 0 Å². The number of carbonyl (C=O) groups is 2. The summed E-state index contributed by atoms with van der Waals surface area (Å²) in [6.07, 6.45) is 1.75. The number of hydrogen-bond acceptors (Lipinski definition) is 3. The topological polar surface area (TPSA) is 53.5 Å². The minimum Gasteiger partial charge on any atom is -0.335 e. The van der Waals surface area contributed by atoms with Crippen molar-refractivity contribution in [2.24, 2.45) is 0 Å². The minimum atomic E-state index is -0.0774. The van der Waals surface area contributed by atoms with Crippen LogP contribution in [-0.4, -0.2) is 52.8 Å². The molecule has 2 amide bonds. The molecule has 1 aliphatic heterocycles. The summed E-state index contributed by atoms with van der Waals surface area (Å²) in [6.45, 7) is 6.08. The summed E-state index contributed by atoms with van der Waals surface area (Å²) >= 11 is 0. The molecule has 0 atom stereocenters. The summed E-state index contributed by atoms with van der Waals surface area (Å²) in [5, 5.41) is 2.04. The van der Waals surface area contributed by atoms with Crippen LogP contribution in [0.2, 0.25) is 0 Å². The van der Waals surface area contributed by atoms with Crippen molar-refractivity contribution in [2.75, 3.05) is 26.2 Å². The third kappa shape index (κ3) is 3.48. The molecule has 1 fully saturated rings. The fraction of sp³-hybridized carbons (Fsp3) is 0.261. The molecule has 0 aliphatic carbocycles. The van der Waals surface area contributed by atoms with Gasteiger partial charge in [-0.2, -0.15) is 0 Å². The van der Waals surface area contributed by atoms with Gasteiger partial charge in [0.1, 0.15) is 5.69 Å². The molecule has 4 rings (SSSR count). The molecular weight excluding hydrogens is 350 g/mol. The van der Waals surface area contributed by atoms with Gasteiger partial charge in [-0.15, -0.1) is 0 Å². The van der Waals surface area contributed by atoms with Gasteiger partial charge in [-0.05, 0) is 36.9 Å². The maximum absolute atomic E-state index is 12.9. The number of aryl methyl sites for hydroxylation is 2. The van der Waals surface area contributed by atoms with Crippen molar-refractivity contribution in [1.82, 2.24) is 14.8 Å². The molecule has 0 N–H and O–H groups in total. The first kappa shape index (κ1) is 18.2. The highest BCUT2D eigenvalue weighted by atomic mass is 16.2. The second kappa shape index (κ2) is 7.43. The van der Waals surface area contributed by atoms with Crippen LogP contribution in [0.3, 0.4) is 0 Å². The highest BCUT2D eigenvalue weighted by molar-refractivity contribution is 5.97. The molecule has 0 radical (unpaired) electrons. The molecular formula is C23H23N3O2. The Balaban J connectivity index is 1.45. The lowest BCUT2D eigenvalue weighted by Crippen LogP contribution is -2.50. The Labute approximate surface area is 164 Å². The molecule has 0 saturated carbocycles. The van der Waals surface area contributed by atoms with Crippen molar-refractivity contribution in [3.05, 3.63) is 77.1 Å². The van der Waals surface area contributed by atoms with Gasteiger partial charge in [-0.3, -0.25) is 14.6 Å². The predicted molar refractivity (Wildman–Crippen MR) is 109 cm³/mol. The third-order valence-corrected chi connectivity index (χ3v) is 5.33. The molecule has 1 aromatic heterocycles. The van der Waals surface area contributed by atoms with Gasteiger partial charge < -0.3 is 9.80 Å². The molecule has 0 bridgehead atoms. The number of pyridine rings is 1. The number of benzene rings is 2. The van der Waals surface area contributed by atoms with Crippen molar-refractivity contribution in [3.63, 3.8) is 0 Å². The summed E-state index contributed by atoms with van der Waals surface area (Å²) in [5.41, 5.74) is 3.31. The van der Waals surface area contributed by atoms with Crippen LogP contribution < -0.4 is 0 Å². The highest BCUT2D eigenvalue weighted by Crippen LogP contribution is 2.18. The Kier molecular flexibility index (Phi) is 4.82. The van der Waals surface area contributed by atoms with Gasteiger partial charge >= 0.3 is 0 Å². The Morgan fingerprint density at radius 1 is 0.821 bits per heavy atom. The van der Waals surface area contributed by atoms with Gasteiger partial charge in [0, 0.05) is 43.3 Å². The number of amides is 2. The van der Waals surface area contributed by atoms with E-state index in [-0.39, 0.29) is 11.8 Å². The molecule has 2 heterocycles. The van der Waals surface area contributed by atoms with Gasteiger partial charge in [0.25, 0.3) is 11.8 Å². The second-order valence-electron chi connectivity index (χ2n) is 7.32. The molecule has 0 spiro atoms. The average molecular weight is 373 g/mol. The van der Waals surface area contributed by atoms with Crippen LogP contribution in [0.4, 0.5) is 0 Å². The number of rotatable bonds is 2. The van der Waals surface area contributed by atoms with Gasteiger partial charge in [0.05, 0.1) is 0 Å². The normalized spacial score (nSPS) is 14.4. The van der Waals surface area contributed by atoms with Crippen LogP contribution in [0.5, 0.6) is 0 Å². The minimum absolute atomic E-state index is 0.0319. The van der Waals surface area contributed by atoms with Crippen molar-refractivity contribution in [1.29, 1.82) is 0 Å². The molecule has 3 aromatic rings. The number of fused-ring (bicyclic) bond motifs is 1. The SMILES string of the molecule is Cc1ccc2cnc(C(=O)N3CCN(C(=O)c4ccccc4C)CC3)cc2c1. The first-order valence-electron chi connectivity index (χ1n) is 9.53. The van der Waals surface area contributed by atoms with Gasteiger partial charge in [0.15, 0.2) is 0 Å². The maximum Gasteiger partial charge on any atom is 0.272 e. The molecule has 5 nitrogen and oxygen atoms in total. The van der Waals surface area contributed by atoms with E-state index in [1.54, 1.807) is 11.1 Å². The van der Waals surface area contributed by atoms with Crippen LogP contribution in [0.1, 0.15) is 32.0 Å². The fourth-order valence-corrected chi connectivity index (χ4v) is 3.64. The zero-order valence-electron chi connectivity index (χ0n) is 16.2. The standard InChI is InChI=1S/C23H23N3O2/c1-16-7-8-18-15-24-21(14-19(18)13-16)23(28)26-11-9-25(10-12-26)22(27)20-6-4-3-5-17(20)2/h3-8,13-15H,9-12H2,1-2H3. The summed E-state index contributed by atoms with van der Waals surface area (Å²) in [6, 6.07) is 15.6. The van der Waals surface area contributed by atoms with E-state index in [0.717, 1.165) is 27.5 Å². The lowest BCUT2D eigenvalue weighted by Gasteiger charge is -2.34. The van der Waals surface area contributed by atoms with Crippen LogP contribution in [0.15, 0.2) is 54.7 Å². The van der Waals surface area contributed by atoms with E-state index in [0.29, 0.717) is 31.9 Å². The Hall–Kier alpha value is -3.21. The molecule has 142 valence electrons. The fourth-order valence-electron chi connectivity index (χ4n) is 3.64. The molecule has 0 unspecified atom stereocenters. The number of aromatic nitrogens is 1. The smallest absolute Gasteiger partial charge is 0.272 e. The van der Waals surface area contributed by atoms with E-state index in [2.05, 4.69) is 11.1 Å². The largest absolute Gasteiger partial charge is 0.335 e. The highest BCUT2D eigenvalue weighted by Gasteiger charge is 2.26. The number of nitrogens with zero attached hydrogens (tertiary/aromatic N) is 3. The van der Waals surface area contributed by atoms with Crippen LogP contribution in [0, 0.1) is 13.8 Å². The van der Waals surface area contributed by atoms with Crippen LogP contribution >= 0.6 is 0 Å². The van der Waals surface area contributed by atoms with E-state index in [1.165, 1.54) is 0 Å². The third-order valence-electron chi connectivity index (χ3n) is 5.33. The molecule has 28 heavy (non-hydrogen) atoms.